The molecule has 4 rings (SSSR count). The third-order valence-electron chi connectivity index (χ3n) is 5.80. The number of sulfonamides is 1. The molecule has 0 saturated carbocycles. The molecule has 4 aromatic rings. The maximum absolute atomic E-state index is 13.4. The Bertz CT molecular complexity index is 1490. The summed E-state index contributed by atoms with van der Waals surface area (Å²) in [5.74, 6) is -0.463. The fourth-order valence-corrected chi connectivity index (χ4v) is 4.87. The second-order valence-corrected chi connectivity index (χ2v) is 10.2. The molecule has 2 amide bonds. The number of nitrogens with one attached hydrogen (secondary N) is 3. The van der Waals surface area contributed by atoms with Crippen molar-refractivity contribution in [3.05, 3.63) is 108 Å². The smallest absolute Gasteiger partial charge is 0.408 e. The molecule has 37 heavy (non-hydrogen) atoms. The minimum absolute atomic E-state index is 0.0678. The van der Waals surface area contributed by atoms with Crippen molar-refractivity contribution >= 4 is 38.5 Å². The van der Waals surface area contributed by atoms with Crippen LogP contribution < -0.4 is 15.4 Å². The van der Waals surface area contributed by atoms with E-state index >= 15 is 0 Å². The highest BCUT2D eigenvalue weighted by atomic mass is 32.2. The molecule has 0 spiro atoms. The number of amides is 2. The lowest BCUT2D eigenvalue weighted by Crippen LogP contribution is -2.45. The van der Waals surface area contributed by atoms with Gasteiger partial charge >= 0.3 is 6.09 Å². The van der Waals surface area contributed by atoms with Crippen molar-refractivity contribution in [1.29, 1.82) is 0 Å². The summed E-state index contributed by atoms with van der Waals surface area (Å²) in [6.45, 7) is 0.0678. The van der Waals surface area contributed by atoms with Gasteiger partial charge in [0.05, 0.1) is 4.90 Å². The van der Waals surface area contributed by atoms with Gasteiger partial charge in [-0.05, 0) is 30.3 Å². The number of benzene rings is 4. The summed E-state index contributed by atoms with van der Waals surface area (Å²) in [6, 6.07) is 27.5. The van der Waals surface area contributed by atoms with Crippen LogP contribution in [0.5, 0.6) is 0 Å². The Kier molecular flexibility index (Phi) is 8.17. The van der Waals surface area contributed by atoms with Crippen LogP contribution in [0.2, 0.25) is 0 Å². The Labute approximate surface area is 215 Å². The Hall–Kier alpha value is -4.21. The lowest BCUT2D eigenvalue weighted by atomic mass is 10.0. The van der Waals surface area contributed by atoms with E-state index in [-0.39, 0.29) is 17.9 Å². The van der Waals surface area contributed by atoms with Crippen molar-refractivity contribution in [2.75, 3.05) is 12.4 Å². The Morgan fingerprint density at radius 2 is 1.41 bits per heavy atom. The molecule has 0 heterocycles. The lowest BCUT2D eigenvalue weighted by Gasteiger charge is -2.19. The van der Waals surface area contributed by atoms with Crippen LogP contribution in [0.3, 0.4) is 0 Å². The number of rotatable bonds is 9. The molecule has 0 bridgehead atoms. The maximum atomic E-state index is 13.4. The molecule has 0 fully saturated rings. The summed E-state index contributed by atoms with van der Waals surface area (Å²) in [7, 11) is -2.36. The number of hydrogen-bond acceptors (Lipinski definition) is 5. The van der Waals surface area contributed by atoms with Crippen molar-refractivity contribution in [3.8, 4) is 0 Å². The van der Waals surface area contributed by atoms with E-state index in [0.717, 1.165) is 11.1 Å². The Morgan fingerprint density at radius 1 is 0.784 bits per heavy atom. The van der Waals surface area contributed by atoms with Gasteiger partial charge in [-0.25, -0.2) is 17.9 Å². The van der Waals surface area contributed by atoms with Gasteiger partial charge in [0, 0.05) is 22.9 Å². The third kappa shape index (κ3) is 6.52. The number of fused-ring (bicyclic) bond motifs is 1. The van der Waals surface area contributed by atoms with Crippen LogP contribution >= 0.6 is 0 Å². The van der Waals surface area contributed by atoms with Crippen molar-refractivity contribution < 1.29 is 22.7 Å². The van der Waals surface area contributed by atoms with Gasteiger partial charge in [0.15, 0.2) is 0 Å². The molecule has 8 nitrogen and oxygen atoms in total. The van der Waals surface area contributed by atoms with E-state index in [1.165, 1.54) is 13.1 Å². The predicted molar refractivity (Wildman–Crippen MR) is 143 cm³/mol. The minimum atomic E-state index is -3.71. The number of hydrogen-bond donors (Lipinski definition) is 3. The highest BCUT2D eigenvalue weighted by molar-refractivity contribution is 7.89. The molecular formula is C28H27N3O5S. The molecule has 0 aromatic heterocycles. The summed E-state index contributed by atoms with van der Waals surface area (Å²) >= 11 is 0. The molecule has 0 unspecified atom stereocenters. The zero-order chi connectivity index (χ0) is 26.3. The Balaban J connectivity index is 1.57. The molecule has 1 atom stereocenters. The molecule has 3 N–H and O–H groups in total. The predicted octanol–water partition coefficient (Wildman–Crippen LogP) is 4.22. The number of alkyl carbamates (subject to hydrolysis) is 1. The van der Waals surface area contributed by atoms with Crippen LogP contribution in [-0.2, 0) is 32.6 Å². The summed E-state index contributed by atoms with van der Waals surface area (Å²) in [5, 5.41) is 6.54. The summed E-state index contributed by atoms with van der Waals surface area (Å²) in [5.41, 5.74) is 2.10. The van der Waals surface area contributed by atoms with E-state index in [4.69, 9.17) is 4.74 Å². The molecule has 0 aliphatic carbocycles. The van der Waals surface area contributed by atoms with Gasteiger partial charge in [-0.15, -0.1) is 0 Å². The highest BCUT2D eigenvalue weighted by Crippen LogP contribution is 2.29. The molecule has 0 aliphatic heterocycles. The molecule has 0 radical (unpaired) electrons. The number of carbonyl (C=O) groups excluding carboxylic acids is 2. The monoisotopic (exact) mass is 517 g/mol. The van der Waals surface area contributed by atoms with Crippen LogP contribution in [0.15, 0.2) is 102 Å². The topological polar surface area (TPSA) is 114 Å². The van der Waals surface area contributed by atoms with Crippen LogP contribution in [-0.4, -0.2) is 33.5 Å². The summed E-state index contributed by atoms with van der Waals surface area (Å²) in [6.07, 6.45) is -0.489. The van der Waals surface area contributed by atoms with E-state index in [9.17, 15) is 18.0 Å². The van der Waals surface area contributed by atoms with E-state index in [1.807, 2.05) is 60.7 Å². The quantitative estimate of drug-likeness (QED) is 0.308. The van der Waals surface area contributed by atoms with Crippen LogP contribution in [0, 0.1) is 0 Å². The van der Waals surface area contributed by atoms with Crippen LogP contribution in [0.4, 0.5) is 10.5 Å². The average Bonchev–Trinajstić information content (AvgIpc) is 2.92. The van der Waals surface area contributed by atoms with Crippen molar-refractivity contribution in [2.24, 2.45) is 0 Å². The van der Waals surface area contributed by atoms with Gasteiger partial charge < -0.3 is 15.4 Å². The average molecular weight is 518 g/mol. The minimum Gasteiger partial charge on any atom is -0.445 e. The van der Waals surface area contributed by atoms with Crippen LogP contribution in [0.25, 0.3) is 10.8 Å². The van der Waals surface area contributed by atoms with Crippen molar-refractivity contribution in [2.45, 2.75) is 24.0 Å². The van der Waals surface area contributed by atoms with Gasteiger partial charge in [-0.3, -0.25) is 4.79 Å². The van der Waals surface area contributed by atoms with Crippen molar-refractivity contribution in [1.82, 2.24) is 10.0 Å². The molecule has 0 aliphatic rings. The highest BCUT2D eigenvalue weighted by Gasteiger charge is 2.23. The van der Waals surface area contributed by atoms with Gasteiger partial charge in [0.1, 0.15) is 12.6 Å². The number of ether oxygens (including phenoxy) is 1. The van der Waals surface area contributed by atoms with E-state index in [1.54, 1.807) is 30.3 Å². The lowest BCUT2D eigenvalue weighted by molar-refractivity contribution is -0.118. The summed E-state index contributed by atoms with van der Waals surface area (Å²) in [4.78, 5) is 26.1. The SMILES string of the molecule is CNS(=O)(=O)c1cccc2c(NC(=O)[C@H](Cc3ccccc3)NC(=O)OCc3ccccc3)cccc12. The first-order chi connectivity index (χ1) is 17.9. The van der Waals surface area contributed by atoms with E-state index < -0.39 is 28.1 Å². The molecule has 0 saturated heterocycles. The molecular weight excluding hydrogens is 490 g/mol. The number of anilines is 1. The summed E-state index contributed by atoms with van der Waals surface area (Å²) < 4.78 is 32.6. The Morgan fingerprint density at radius 3 is 2.08 bits per heavy atom. The van der Waals surface area contributed by atoms with Gasteiger partial charge in [0.2, 0.25) is 15.9 Å². The van der Waals surface area contributed by atoms with E-state index in [2.05, 4.69) is 15.4 Å². The molecule has 9 heteroatoms. The second kappa shape index (κ2) is 11.7. The second-order valence-electron chi connectivity index (χ2n) is 8.30. The first kappa shape index (κ1) is 25.9. The molecule has 190 valence electrons. The van der Waals surface area contributed by atoms with Gasteiger partial charge in [-0.2, -0.15) is 0 Å². The van der Waals surface area contributed by atoms with Crippen LogP contribution in [0.1, 0.15) is 11.1 Å². The van der Waals surface area contributed by atoms with Crippen molar-refractivity contribution in [3.63, 3.8) is 0 Å². The first-order valence-electron chi connectivity index (χ1n) is 11.6. The van der Waals surface area contributed by atoms with Gasteiger partial charge in [0.25, 0.3) is 0 Å². The first-order valence-corrected chi connectivity index (χ1v) is 13.1. The molecule has 4 aromatic carbocycles. The zero-order valence-corrected chi connectivity index (χ0v) is 21.0. The zero-order valence-electron chi connectivity index (χ0n) is 20.2. The largest absolute Gasteiger partial charge is 0.445 e. The fraction of sp³-hybridized carbons (Fsp3) is 0.143. The van der Waals surface area contributed by atoms with Gasteiger partial charge in [-0.1, -0.05) is 84.9 Å². The normalized spacial score (nSPS) is 12.0. The maximum Gasteiger partial charge on any atom is 0.408 e. The fourth-order valence-electron chi connectivity index (χ4n) is 3.92. The standard InChI is InChI=1S/C28H27N3O5S/c1-29-37(34,35)26-17-9-14-22-23(26)15-8-16-24(22)30-27(32)25(18-20-10-4-2-5-11-20)31-28(33)36-19-21-12-6-3-7-13-21/h2-17,25,29H,18-19H2,1H3,(H,30,32)(H,31,33)/t25-/m0/s1. The third-order valence-corrected chi connectivity index (χ3v) is 7.27. The number of carbonyl (C=O) groups is 2. The van der Waals surface area contributed by atoms with E-state index in [0.29, 0.717) is 16.5 Å².